The third-order valence-corrected chi connectivity index (χ3v) is 2.13. The lowest BCUT2D eigenvalue weighted by molar-refractivity contribution is -0.154. The van der Waals surface area contributed by atoms with E-state index in [9.17, 15) is 14.0 Å². The first kappa shape index (κ1) is 14.0. The van der Waals surface area contributed by atoms with E-state index >= 15 is 0 Å². The van der Waals surface area contributed by atoms with Gasteiger partial charge in [0.1, 0.15) is 0 Å². The molecule has 0 spiro atoms. The lowest BCUT2D eigenvalue weighted by atomic mass is 10.2. The molecule has 0 bridgehead atoms. The van der Waals surface area contributed by atoms with Crippen molar-refractivity contribution in [3.8, 4) is 5.75 Å². The number of hydrogen-bond donors (Lipinski definition) is 1. The predicted octanol–water partition coefficient (Wildman–Crippen LogP) is 1.01. The molecule has 0 atom stereocenters. The van der Waals surface area contributed by atoms with E-state index in [1.54, 1.807) is 13.0 Å². The minimum Gasteiger partial charge on any atom is -0.494 e. The van der Waals surface area contributed by atoms with Crippen molar-refractivity contribution in [2.75, 3.05) is 13.7 Å². The van der Waals surface area contributed by atoms with E-state index < -0.39 is 17.7 Å². The summed E-state index contributed by atoms with van der Waals surface area (Å²) in [6.07, 6.45) is 0. The molecule has 1 aromatic rings. The van der Waals surface area contributed by atoms with Crippen molar-refractivity contribution in [3.05, 3.63) is 29.6 Å². The first-order chi connectivity index (χ1) is 8.58. The number of nitrogens with one attached hydrogen (secondary N) is 1. The zero-order valence-electron chi connectivity index (χ0n) is 10.2. The lowest BCUT2D eigenvalue weighted by Gasteiger charge is -2.06. The number of halogens is 1. The molecule has 0 saturated carbocycles. The first-order valence-electron chi connectivity index (χ1n) is 5.35. The SMILES string of the molecule is CCOC(=O)C(=O)NCc1ccc(OC)c(F)c1. The Morgan fingerprint density at radius 1 is 1.39 bits per heavy atom. The molecule has 0 radical (unpaired) electrons. The van der Waals surface area contributed by atoms with Crippen LogP contribution in [0.1, 0.15) is 12.5 Å². The molecule has 1 amide bonds. The summed E-state index contributed by atoms with van der Waals surface area (Å²) in [6.45, 7) is 1.77. The van der Waals surface area contributed by atoms with Crippen molar-refractivity contribution in [2.45, 2.75) is 13.5 Å². The number of hydrogen-bond acceptors (Lipinski definition) is 4. The van der Waals surface area contributed by atoms with Crippen LogP contribution in [0.15, 0.2) is 18.2 Å². The summed E-state index contributed by atoms with van der Waals surface area (Å²) in [7, 11) is 1.36. The monoisotopic (exact) mass is 255 g/mol. The Morgan fingerprint density at radius 3 is 2.67 bits per heavy atom. The Balaban J connectivity index is 2.56. The van der Waals surface area contributed by atoms with Crippen molar-refractivity contribution in [2.24, 2.45) is 0 Å². The molecule has 5 nitrogen and oxygen atoms in total. The van der Waals surface area contributed by atoms with E-state index in [-0.39, 0.29) is 18.9 Å². The molecule has 98 valence electrons. The molecule has 1 rings (SSSR count). The van der Waals surface area contributed by atoms with Gasteiger partial charge in [0.25, 0.3) is 0 Å². The Hall–Kier alpha value is -2.11. The maximum atomic E-state index is 13.3. The summed E-state index contributed by atoms with van der Waals surface area (Å²) in [5.41, 5.74) is 0.519. The summed E-state index contributed by atoms with van der Waals surface area (Å²) >= 11 is 0. The molecule has 0 fully saturated rings. The normalized spacial score (nSPS) is 9.72. The minimum atomic E-state index is -0.952. The number of methoxy groups -OCH3 is 1. The Bertz CT molecular complexity index is 448. The maximum Gasteiger partial charge on any atom is 0.396 e. The van der Waals surface area contributed by atoms with Gasteiger partial charge in [-0.15, -0.1) is 0 Å². The highest BCUT2D eigenvalue weighted by Gasteiger charge is 2.14. The van der Waals surface area contributed by atoms with Crippen LogP contribution in [0.25, 0.3) is 0 Å². The van der Waals surface area contributed by atoms with Crippen molar-refractivity contribution in [1.82, 2.24) is 5.32 Å². The zero-order valence-corrected chi connectivity index (χ0v) is 10.2. The molecular weight excluding hydrogens is 241 g/mol. The van der Waals surface area contributed by atoms with Gasteiger partial charge in [-0.3, -0.25) is 4.79 Å². The number of carbonyl (C=O) groups is 2. The Kier molecular flexibility index (Phi) is 5.10. The van der Waals surface area contributed by atoms with E-state index in [4.69, 9.17) is 4.74 Å². The van der Waals surface area contributed by atoms with E-state index in [0.717, 1.165) is 0 Å². The van der Waals surface area contributed by atoms with E-state index in [1.807, 2.05) is 0 Å². The van der Waals surface area contributed by atoms with Gasteiger partial charge in [0, 0.05) is 6.54 Å². The average Bonchev–Trinajstić information content (AvgIpc) is 2.36. The number of carbonyl (C=O) groups excluding carboxylic acids is 2. The van der Waals surface area contributed by atoms with Gasteiger partial charge in [0.2, 0.25) is 0 Å². The van der Waals surface area contributed by atoms with Crippen LogP contribution in [-0.2, 0) is 20.9 Å². The van der Waals surface area contributed by atoms with Gasteiger partial charge in [0.05, 0.1) is 13.7 Å². The summed E-state index contributed by atoms with van der Waals surface area (Å²) in [4.78, 5) is 22.2. The smallest absolute Gasteiger partial charge is 0.396 e. The summed E-state index contributed by atoms with van der Waals surface area (Å²) < 4.78 is 22.6. The number of benzene rings is 1. The lowest BCUT2D eigenvalue weighted by Crippen LogP contribution is -2.32. The Labute approximate surface area is 104 Å². The van der Waals surface area contributed by atoms with Gasteiger partial charge in [-0.2, -0.15) is 0 Å². The summed E-state index contributed by atoms with van der Waals surface area (Å²) in [6, 6.07) is 4.26. The molecule has 0 saturated heterocycles. The van der Waals surface area contributed by atoms with Gasteiger partial charge in [-0.25, -0.2) is 9.18 Å². The van der Waals surface area contributed by atoms with Gasteiger partial charge in [-0.1, -0.05) is 6.07 Å². The molecule has 0 heterocycles. The number of esters is 1. The maximum absolute atomic E-state index is 13.3. The van der Waals surface area contributed by atoms with Crippen molar-refractivity contribution >= 4 is 11.9 Å². The molecule has 0 unspecified atom stereocenters. The van der Waals surface area contributed by atoms with Crippen LogP contribution in [0.5, 0.6) is 5.75 Å². The van der Waals surface area contributed by atoms with E-state index in [0.29, 0.717) is 5.56 Å². The number of ether oxygens (including phenoxy) is 2. The van der Waals surface area contributed by atoms with Crippen molar-refractivity contribution in [1.29, 1.82) is 0 Å². The van der Waals surface area contributed by atoms with Crippen LogP contribution in [0, 0.1) is 5.82 Å². The molecule has 0 aliphatic heterocycles. The van der Waals surface area contributed by atoms with Crippen LogP contribution in [0.2, 0.25) is 0 Å². The van der Waals surface area contributed by atoms with Crippen LogP contribution < -0.4 is 10.1 Å². The average molecular weight is 255 g/mol. The van der Waals surface area contributed by atoms with Crippen molar-refractivity contribution in [3.63, 3.8) is 0 Å². The number of rotatable bonds is 4. The molecule has 0 aliphatic carbocycles. The van der Waals surface area contributed by atoms with Gasteiger partial charge < -0.3 is 14.8 Å². The summed E-state index contributed by atoms with van der Waals surface area (Å²) in [5, 5.41) is 2.33. The second kappa shape index (κ2) is 6.58. The van der Waals surface area contributed by atoms with E-state index in [2.05, 4.69) is 10.1 Å². The van der Waals surface area contributed by atoms with Gasteiger partial charge in [-0.05, 0) is 24.6 Å². The first-order valence-corrected chi connectivity index (χ1v) is 5.35. The fourth-order valence-electron chi connectivity index (χ4n) is 1.27. The highest BCUT2D eigenvalue weighted by molar-refractivity contribution is 6.32. The summed E-state index contributed by atoms with van der Waals surface area (Å²) in [5.74, 6) is -2.21. The quantitative estimate of drug-likeness (QED) is 0.644. The molecule has 18 heavy (non-hydrogen) atoms. The fourth-order valence-corrected chi connectivity index (χ4v) is 1.27. The molecule has 1 N–H and O–H groups in total. The second-order valence-electron chi connectivity index (χ2n) is 3.37. The molecule has 0 aromatic heterocycles. The third kappa shape index (κ3) is 3.73. The van der Waals surface area contributed by atoms with Crippen LogP contribution in [-0.4, -0.2) is 25.6 Å². The topological polar surface area (TPSA) is 64.6 Å². The highest BCUT2D eigenvalue weighted by atomic mass is 19.1. The molecule has 0 aliphatic rings. The predicted molar refractivity (Wildman–Crippen MR) is 61.4 cm³/mol. The third-order valence-electron chi connectivity index (χ3n) is 2.13. The highest BCUT2D eigenvalue weighted by Crippen LogP contribution is 2.17. The number of amides is 1. The van der Waals surface area contributed by atoms with Crippen LogP contribution in [0.4, 0.5) is 4.39 Å². The standard InChI is InChI=1S/C12H14FNO4/c1-3-18-12(16)11(15)14-7-8-4-5-10(17-2)9(13)6-8/h4-6H,3,7H2,1-2H3,(H,14,15). The molecule has 1 aromatic carbocycles. The largest absolute Gasteiger partial charge is 0.494 e. The second-order valence-corrected chi connectivity index (χ2v) is 3.37. The van der Waals surface area contributed by atoms with E-state index in [1.165, 1.54) is 19.2 Å². The van der Waals surface area contributed by atoms with Crippen LogP contribution >= 0.6 is 0 Å². The molecule has 6 heteroatoms. The zero-order chi connectivity index (χ0) is 13.5. The fraction of sp³-hybridized carbons (Fsp3) is 0.333. The van der Waals surface area contributed by atoms with Gasteiger partial charge in [0.15, 0.2) is 11.6 Å². The Morgan fingerprint density at radius 2 is 2.11 bits per heavy atom. The minimum absolute atomic E-state index is 0.0402. The molecular formula is C12H14FNO4. The van der Waals surface area contributed by atoms with Gasteiger partial charge >= 0.3 is 11.9 Å². The van der Waals surface area contributed by atoms with Crippen LogP contribution in [0.3, 0.4) is 0 Å². The van der Waals surface area contributed by atoms with Crippen molar-refractivity contribution < 1.29 is 23.5 Å².